The van der Waals surface area contributed by atoms with Crippen LogP contribution in [0.15, 0.2) is 0 Å². The maximum atomic E-state index is 12.6. The molecule has 0 aromatic carbocycles. The first-order chi connectivity index (χ1) is 9.96. The van der Waals surface area contributed by atoms with Gasteiger partial charge >= 0.3 is 12.0 Å². The molecule has 0 radical (unpaired) electrons. The van der Waals surface area contributed by atoms with E-state index in [-0.39, 0.29) is 6.03 Å². The first-order valence-electron chi connectivity index (χ1n) is 7.72. The van der Waals surface area contributed by atoms with Crippen LogP contribution in [0.5, 0.6) is 0 Å². The maximum absolute atomic E-state index is 12.6. The molecule has 2 amide bonds. The van der Waals surface area contributed by atoms with Crippen molar-refractivity contribution in [2.75, 3.05) is 39.9 Å². The zero-order chi connectivity index (χ0) is 15.5. The third-order valence-corrected chi connectivity index (χ3v) is 4.68. The number of ether oxygens (including phenoxy) is 1. The van der Waals surface area contributed by atoms with Gasteiger partial charge in [0.2, 0.25) is 0 Å². The molecule has 0 aromatic heterocycles. The van der Waals surface area contributed by atoms with Crippen molar-refractivity contribution in [1.82, 2.24) is 9.80 Å². The molecule has 2 unspecified atom stereocenters. The number of rotatable bonds is 3. The first-order valence-corrected chi connectivity index (χ1v) is 7.72. The highest BCUT2D eigenvalue weighted by Crippen LogP contribution is 2.30. The van der Waals surface area contributed by atoms with E-state index >= 15 is 0 Å². The Morgan fingerprint density at radius 2 is 2.00 bits per heavy atom. The third-order valence-electron chi connectivity index (χ3n) is 4.68. The van der Waals surface area contributed by atoms with Crippen LogP contribution in [0.1, 0.15) is 32.6 Å². The Balaban J connectivity index is 1.97. The topological polar surface area (TPSA) is 70.1 Å². The lowest BCUT2D eigenvalue weighted by atomic mass is 9.82. The van der Waals surface area contributed by atoms with Gasteiger partial charge in [0.15, 0.2) is 0 Å². The largest absolute Gasteiger partial charge is 0.481 e. The van der Waals surface area contributed by atoms with Crippen molar-refractivity contribution in [2.24, 2.45) is 11.3 Å². The summed E-state index contributed by atoms with van der Waals surface area (Å²) in [7, 11) is 1.68. The van der Waals surface area contributed by atoms with Crippen molar-refractivity contribution in [3.8, 4) is 0 Å². The van der Waals surface area contributed by atoms with Gasteiger partial charge in [-0.15, -0.1) is 0 Å². The van der Waals surface area contributed by atoms with Crippen molar-refractivity contribution in [3.05, 3.63) is 0 Å². The van der Waals surface area contributed by atoms with Gasteiger partial charge in [0, 0.05) is 39.2 Å². The number of hydrogen-bond donors (Lipinski definition) is 1. The molecule has 0 bridgehead atoms. The Morgan fingerprint density at radius 3 is 2.67 bits per heavy atom. The van der Waals surface area contributed by atoms with Gasteiger partial charge in [0.05, 0.1) is 12.0 Å². The molecule has 0 aliphatic carbocycles. The standard InChI is InChI=1S/C15H26N2O4/c1-15(13(18)19)6-4-8-17(11-15)14(20)16-7-3-5-12(9-16)10-21-2/h12H,3-11H2,1-2H3,(H,18,19). The molecule has 6 nitrogen and oxygen atoms in total. The zero-order valence-corrected chi connectivity index (χ0v) is 13.0. The van der Waals surface area contributed by atoms with Crippen LogP contribution < -0.4 is 0 Å². The highest BCUT2D eigenvalue weighted by Gasteiger charge is 2.40. The van der Waals surface area contributed by atoms with Gasteiger partial charge < -0.3 is 19.6 Å². The maximum Gasteiger partial charge on any atom is 0.320 e. The average Bonchev–Trinajstić information content (AvgIpc) is 2.47. The summed E-state index contributed by atoms with van der Waals surface area (Å²) in [5.74, 6) is -0.417. The van der Waals surface area contributed by atoms with Gasteiger partial charge in [-0.05, 0) is 32.6 Å². The third kappa shape index (κ3) is 3.67. The Kier molecular flexibility index (Phi) is 5.08. The van der Waals surface area contributed by atoms with Gasteiger partial charge in [0.25, 0.3) is 0 Å². The molecule has 120 valence electrons. The molecule has 1 N–H and O–H groups in total. The molecule has 2 atom stereocenters. The molecule has 2 rings (SSSR count). The minimum absolute atomic E-state index is 0.0111. The van der Waals surface area contributed by atoms with Crippen LogP contribution in [0.3, 0.4) is 0 Å². The number of nitrogens with zero attached hydrogens (tertiary/aromatic N) is 2. The lowest BCUT2D eigenvalue weighted by Crippen LogP contribution is -2.54. The van der Waals surface area contributed by atoms with E-state index in [0.29, 0.717) is 38.6 Å². The highest BCUT2D eigenvalue weighted by atomic mass is 16.5. The number of carbonyl (C=O) groups excluding carboxylic acids is 1. The van der Waals surface area contributed by atoms with Gasteiger partial charge in [-0.25, -0.2) is 4.79 Å². The summed E-state index contributed by atoms with van der Waals surface area (Å²) in [5, 5.41) is 9.35. The number of aliphatic carboxylic acids is 1. The van der Waals surface area contributed by atoms with E-state index in [4.69, 9.17) is 4.74 Å². The van der Waals surface area contributed by atoms with E-state index in [1.165, 1.54) is 0 Å². The van der Waals surface area contributed by atoms with Crippen molar-refractivity contribution < 1.29 is 19.4 Å². The molecule has 0 saturated carbocycles. The van der Waals surface area contributed by atoms with Crippen LogP contribution in [0.2, 0.25) is 0 Å². The summed E-state index contributed by atoms with van der Waals surface area (Å²) in [6.45, 7) is 4.86. The Morgan fingerprint density at radius 1 is 1.29 bits per heavy atom. The molecular weight excluding hydrogens is 272 g/mol. The van der Waals surface area contributed by atoms with Crippen LogP contribution in [0, 0.1) is 11.3 Å². The Hall–Kier alpha value is -1.30. The predicted molar refractivity (Wildman–Crippen MR) is 78.1 cm³/mol. The number of carboxylic acids is 1. The molecule has 0 aromatic rings. The number of hydrogen-bond acceptors (Lipinski definition) is 3. The van der Waals surface area contributed by atoms with Gasteiger partial charge in [-0.3, -0.25) is 4.79 Å². The molecule has 21 heavy (non-hydrogen) atoms. The van der Waals surface area contributed by atoms with Crippen molar-refractivity contribution in [3.63, 3.8) is 0 Å². The van der Waals surface area contributed by atoms with E-state index in [9.17, 15) is 14.7 Å². The summed E-state index contributed by atoms with van der Waals surface area (Å²) in [4.78, 5) is 27.6. The SMILES string of the molecule is COCC1CCCN(C(=O)N2CCCC(C)(C(=O)O)C2)C1. The van der Waals surface area contributed by atoms with Crippen molar-refractivity contribution in [1.29, 1.82) is 0 Å². The number of methoxy groups -OCH3 is 1. The Labute approximate surface area is 126 Å². The minimum Gasteiger partial charge on any atom is -0.481 e. The number of carboxylic acid groups (broad SMARTS) is 1. The molecule has 0 spiro atoms. The summed E-state index contributed by atoms with van der Waals surface area (Å²) in [6.07, 6.45) is 3.47. The normalized spacial score (nSPS) is 30.3. The fraction of sp³-hybridized carbons (Fsp3) is 0.867. The second kappa shape index (κ2) is 6.64. The van der Waals surface area contributed by atoms with Crippen LogP contribution in [0.25, 0.3) is 0 Å². The molecule has 6 heteroatoms. The predicted octanol–water partition coefficient (Wildman–Crippen LogP) is 1.65. The molecule has 2 aliphatic rings. The monoisotopic (exact) mass is 298 g/mol. The second-order valence-electron chi connectivity index (χ2n) is 6.58. The second-order valence-corrected chi connectivity index (χ2v) is 6.58. The van der Waals surface area contributed by atoms with Crippen LogP contribution in [-0.2, 0) is 9.53 Å². The zero-order valence-electron chi connectivity index (χ0n) is 13.0. The number of urea groups is 1. The minimum atomic E-state index is -0.810. The molecule has 2 fully saturated rings. The lowest BCUT2D eigenvalue weighted by Gasteiger charge is -2.41. The van der Waals surface area contributed by atoms with Crippen molar-refractivity contribution >= 4 is 12.0 Å². The smallest absolute Gasteiger partial charge is 0.320 e. The van der Waals surface area contributed by atoms with E-state index in [1.807, 2.05) is 4.90 Å². The van der Waals surface area contributed by atoms with E-state index in [1.54, 1.807) is 18.9 Å². The van der Waals surface area contributed by atoms with Gasteiger partial charge in [0.1, 0.15) is 0 Å². The summed E-state index contributed by atoms with van der Waals surface area (Å²) < 4.78 is 5.19. The van der Waals surface area contributed by atoms with Crippen LogP contribution in [0.4, 0.5) is 4.79 Å². The summed E-state index contributed by atoms with van der Waals surface area (Å²) >= 11 is 0. The fourth-order valence-corrected chi connectivity index (χ4v) is 3.39. The summed E-state index contributed by atoms with van der Waals surface area (Å²) in [6, 6.07) is -0.0111. The number of likely N-dealkylation sites (tertiary alicyclic amines) is 2. The molecular formula is C15H26N2O4. The summed E-state index contributed by atoms with van der Waals surface area (Å²) in [5.41, 5.74) is -0.810. The molecule has 2 heterocycles. The lowest BCUT2D eigenvalue weighted by molar-refractivity contribution is -0.150. The van der Waals surface area contributed by atoms with Crippen LogP contribution in [-0.4, -0.2) is 66.8 Å². The quantitative estimate of drug-likeness (QED) is 0.860. The highest BCUT2D eigenvalue weighted by molar-refractivity contribution is 5.78. The van der Waals surface area contributed by atoms with E-state index in [0.717, 1.165) is 25.8 Å². The van der Waals surface area contributed by atoms with E-state index in [2.05, 4.69) is 0 Å². The molecule has 2 aliphatic heterocycles. The number of amides is 2. The van der Waals surface area contributed by atoms with Crippen molar-refractivity contribution in [2.45, 2.75) is 32.6 Å². The van der Waals surface area contributed by atoms with Gasteiger partial charge in [-0.2, -0.15) is 0 Å². The van der Waals surface area contributed by atoms with Crippen LogP contribution >= 0.6 is 0 Å². The number of carbonyl (C=O) groups is 2. The van der Waals surface area contributed by atoms with Gasteiger partial charge in [-0.1, -0.05) is 0 Å². The molecule has 2 saturated heterocycles. The number of piperidine rings is 2. The Bertz CT molecular complexity index is 399. The average molecular weight is 298 g/mol. The first kappa shape index (κ1) is 16.1. The fourth-order valence-electron chi connectivity index (χ4n) is 3.39. The van der Waals surface area contributed by atoms with E-state index < -0.39 is 11.4 Å².